The van der Waals surface area contributed by atoms with E-state index in [0.717, 1.165) is 51.4 Å². The first-order chi connectivity index (χ1) is 38.0. The van der Waals surface area contributed by atoms with Gasteiger partial charge in [0.15, 0.2) is 0 Å². The van der Waals surface area contributed by atoms with Gasteiger partial charge in [0.25, 0.3) is 0 Å². The first-order valence-corrected chi connectivity index (χ1v) is 34.8. The van der Waals surface area contributed by atoms with Gasteiger partial charge in [-0.05, 0) is 64.2 Å². The number of aliphatic hydroxyl groups excluding tert-OH is 2. The Labute approximate surface area is 481 Å². The Hall–Kier alpha value is -1.92. The van der Waals surface area contributed by atoms with Crippen molar-refractivity contribution in [2.45, 2.75) is 392 Å². The molecule has 2 atom stereocenters. The van der Waals surface area contributed by atoms with Gasteiger partial charge in [0.2, 0.25) is 5.91 Å². The van der Waals surface area contributed by atoms with Gasteiger partial charge in [-0.3, -0.25) is 9.59 Å². The number of carbonyl (C=O) groups is 2. The van der Waals surface area contributed by atoms with Gasteiger partial charge in [-0.1, -0.05) is 339 Å². The van der Waals surface area contributed by atoms with E-state index < -0.39 is 12.1 Å². The number of allylic oxidation sites excluding steroid dienone is 5. The molecule has 0 aliphatic rings. The van der Waals surface area contributed by atoms with E-state index >= 15 is 0 Å². The van der Waals surface area contributed by atoms with E-state index in [1.165, 1.54) is 302 Å². The average molecular weight is 1080 g/mol. The van der Waals surface area contributed by atoms with Crippen molar-refractivity contribution in [1.29, 1.82) is 0 Å². The number of carbonyl (C=O) groups excluding carboxylic acids is 2. The molecule has 0 bridgehead atoms. The van der Waals surface area contributed by atoms with Gasteiger partial charge in [-0.2, -0.15) is 0 Å². The topological polar surface area (TPSA) is 95.9 Å². The molecule has 6 heteroatoms. The Bertz CT molecular complexity index is 1250. The minimum Gasteiger partial charge on any atom is -0.466 e. The maximum atomic E-state index is 12.5. The van der Waals surface area contributed by atoms with Crippen LogP contribution in [0.15, 0.2) is 36.5 Å². The molecule has 0 fully saturated rings. The van der Waals surface area contributed by atoms with Crippen molar-refractivity contribution in [2.75, 3.05) is 13.2 Å². The van der Waals surface area contributed by atoms with E-state index in [9.17, 15) is 19.8 Å². The lowest BCUT2D eigenvalue weighted by atomic mass is 10.0. The highest BCUT2D eigenvalue weighted by atomic mass is 16.5. The predicted octanol–water partition coefficient (Wildman–Crippen LogP) is 22.3. The van der Waals surface area contributed by atoms with Crippen molar-refractivity contribution < 1.29 is 24.5 Å². The van der Waals surface area contributed by atoms with Crippen LogP contribution < -0.4 is 5.32 Å². The van der Waals surface area contributed by atoms with Gasteiger partial charge in [-0.25, -0.2) is 0 Å². The molecule has 1 amide bonds. The highest BCUT2D eigenvalue weighted by molar-refractivity contribution is 5.76. The van der Waals surface area contributed by atoms with Crippen LogP contribution in [0.5, 0.6) is 0 Å². The molecule has 0 aromatic carbocycles. The number of ether oxygens (including phenoxy) is 1. The highest BCUT2D eigenvalue weighted by Crippen LogP contribution is 2.18. The van der Waals surface area contributed by atoms with E-state index in [-0.39, 0.29) is 18.5 Å². The fourth-order valence-corrected chi connectivity index (χ4v) is 10.8. The molecule has 6 nitrogen and oxygen atoms in total. The normalized spacial score (nSPS) is 12.7. The van der Waals surface area contributed by atoms with Gasteiger partial charge in [0.1, 0.15) is 0 Å². The summed E-state index contributed by atoms with van der Waals surface area (Å²) in [6.07, 6.45) is 84.9. The van der Waals surface area contributed by atoms with Crippen molar-refractivity contribution in [3.63, 3.8) is 0 Å². The summed E-state index contributed by atoms with van der Waals surface area (Å²) in [5, 5.41) is 23.2. The number of esters is 1. The number of hydrogen-bond donors (Lipinski definition) is 3. The maximum absolute atomic E-state index is 12.5. The number of nitrogens with one attached hydrogen (secondary N) is 1. The zero-order chi connectivity index (χ0) is 55.7. The SMILES string of the molecule is CCCCCC/C=C\C/C=C\CCCCCCCC(=O)OCCCCCCCCCCCCCCCCCCCCCCCCCC(=O)NC(CO)C(O)/C=C/CCCCCCCCCCCCCCCCCCCCC. The van der Waals surface area contributed by atoms with Crippen LogP contribution in [-0.4, -0.2) is 47.4 Å². The van der Waals surface area contributed by atoms with Crippen molar-refractivity contribution >= 4 is 11.9 Å². The molecular weight excluding hydrogens is 947 g/mol. The van der Waals surface area contributed by atoms with Gasteiger partial charge in [0.05, 0.1) is 25.4 Å². The zero-order valence-corrected chi connectivity index (χ0v) is 52.0. The van der Waals surface area contributed by atoms with Crippen LogP contribution >= 0.6 is 0 Å². The second kappa shape index (κ2) is 66.6. The van der Waals surface area contributed by atoms with E-state index in [1.54, 1.807) is 6.08 Å². The predicted molar refractivity (Wildman–Crippen MR) is 338 cm³/mol. The molecule has 2 unspecified atom stereocenters. The summed E-state index contributed by atoms with van der Waals surface area (Å²) in [6.45, 7) is 4.91. The lowest BCUT2D eigenvalue weighted by Crippen LogP contribution is -2.45. The summed E-state index contributed by atoms with van der Waals surface area (Å²) in [5.41, 5.74) is 0. The van der Waals surface area contributed by atoms with Gasteiger partial charge in [0, 0.05) is 12.8 Å². The summed E-state index contributed by atoms with van der Waals surface area (Å²) in [7, 11) is 0. The molecular formula is C71H135NO5. The Balaban J connectivity index is 3.41. The molecule has 0 aromatic heterocycles. The van der Waals surface area contributed by atoms with E-state index in [0.29, 0.717) is 19.4 Å². The fraction of sp³-hybridized carbons (Fsp3) is 0.887. The number of rotatable bonds is 65. The Morgan fingerprint density at radius 1 is 0.364 bits per heavy atom. The largest absolute Gasteiger partial charge is 0.466 e. The molecule has 0 heterocycles. The summed E-state index contributed by atoms with van der Waals surface area (Å²) in [4.78, 5) is 24.6. The molecule has 454 valence electrons. The quantitative estimate of drug-likeness (QED) is 0.0320. The standard InChI is InChI=1S/C71H135NO5/c1-3-5-7-9-11-13-15-17-19-21-22-26-29-32-35-39-43-47-51-55-59-63-69(74)68(67-73)72-70(75)64-60-56-52-48-44-40-36-33-30-27-24-23-25-28-31-34-38-42-46-50-54-58-62-66-77-71(76)65-61-57-53-49-45-41-37-20-18-16-14-12-10-8-6-4-2/h14,16,20,37,59,63,68-69,73-74H,3-13,15,17-19,21-36,38-58,60-62,64-67H2,1-2H3,(H,72,75)/b16-14-,37-20-,63-59+. The third-order valence-corrected chi connectivity index (χ3v) is 16.2. The van der Waals surface area contributed by atoms with Crippen LogP contribution in [0.25, 0.3) is 0 Å². The molecule has 77 heavy (non-hydrogen) atoms. The number of unbranched alkanes of at least 4 members (excludes halogenated alkanes) is 50. The molecule has 0 spiro atoms. The molecule has 0 rings (SSSR count). The van der Waals surface area contributed by atoms with Crippen LogP contribution in [0.3, 0.4) is 0 Å². The minimum absolute atomic E-state index is 0.000926. The van der Waals surface area contributed by atoms with Crippen LogP contribution in [0, 0.1) is 0 Å². The Kier molecular flexibility index (Phi) is 64.9. The third kappa shape index (κ3) is 63.1. The average Bonchev–Trinajstić information content (AvgIpc) is 3.43. The van der Waals surface area contributed by atoms with Crippen LogP contribution in [0.4, 0.5) is 0 Å². The van der Waals surface area contributed by atoms with Crippen LogP contribution in [0.1, 0.15) is 380 Å². The van der Waals surface area contributed by atoms with Crippen LogP contribution in [-0.2, 0) is 14.3 Å². The lowest BCUT2D eigenvalue weighted by molar-refractivity contribution is -0.143. The Morgan fingerprint density at radius 3 is 1.00 bits per heavy atom. The van der Waals surface area contributed by atoms with Gasteiger partial charge >= 0.3 is 5.97 Å². The molecule has 0 radical (unpaired) electrons. The van der Waals surface area contributed by atoms with Crippen LogP contribution in [0.2, 0.25) is 0 Å². The van der Waals surface area contributed by atoms with Gasteiger partial charge < -0.3 is 20.3 Å². The van der Waals surface area contributed by atoms with Crippen molar-refractivity contribution in [3.8, 4) is 0 Å². The third-order valence-electron chi connectivity index (χ3n) is 16.2. The molecule has 0 aliphatic carbocycles. The van der Waals surface area contributed by atoms with Crippen molar-refractivity contribution in [2.24, 2.45) is 0 Å². The fourth-order valence-electron chi connectivity index (χ4n) is 10.8. The number of aliphatic hydroxyl groups is 2. The molecule has 0 saturated heterocycles. The van der Waals surface area contributed by atoms with E-state index in [1.807, 2.05) is 6.08 Å². The summed E-state index contributed by atoms with van der Waals surface area (Å²) < 4.78 is 5.49. The minimum atomic E-state index is -0.846. The first kappa shape index (κ1) is 75.1. The van der Waals surface area contributed by atoms with Crippen molar-refractivity contribution in [1.82, 2.24) is 5.32 Å². The maximum Gasteiger partial charge on any atom is 0.305 e. The highest BCUT2D eigenvalue weighted by Gasteiger charge is 2.18. The second-order valence-electron chi connectivity index (χ2n) is 23.9. The van der Waals surface area contributed by atoms with Gasteiger partial charge in [-0.15, -0.1) is 0 Å². The Morgan fingerprint density at radius 2 is 0.649 bits per heavy atom. The molecule has 0 aromatic rings. The monoisotopic (exact) mass is 1080 g/mol. The summed E-state index contributed by atoms with van der Waals surface area (Å²) in [6, 6.07) is -0.629. The molecule has 0 saturated carbocycles. The molecule has 0 aliphatic heterocycles. The summed E-state index contributed by atoms with van der Waals surface area (Å²) in [5.74, 6) is -0.0632. The summed E-state index contributed by atoms with van der Waals surface area (Å²) >= 11 is 0. The second-order valence-corrected chi connectivity index (χ2v) is 23.9. The number of hydrogen-bond acceptors (Lipinski definition) is 5. The van der Waals surface area contributed by atoms with Crippen molar-refractivity contribution in [3.05, 3.63) is 36.5 Å². The van der Waals surface area contributed by atoms with E-state index in [2.05, 4.69) is 43.5 Å². The lowest BCUT2D eigenvalue weighted by Gasteiger charge is -2.20. The smallest absolute Gasteiger partial charge is 0.305 e. The van der Waals surface area contributed by atoms with E-state index in [4.69, 9.17) is 4.74 Å². The number of amides is 1. The molecule has 3 N–H and O–H groups in total. The first-order valence-electron chi connectivity index (χ1n) is 34.8. The zero-order valence-electron chi connectivity index (χ0n) is 52.0.